The van der Waals surface area contributed by atoms with E-state index in [1.54, 1.807) is 6.07 Å². The summed E-state index contributed by atoms with van der Waals surface area (Å²) in [5.74, 6) is 0.583. The Kier molecular flexibility index (Phi) is 8.04. The summed E-state index contributed by atoms with van der Waals surface area (Å²) in [6, 6.07) is 11.8. The van der Waals surface area contributed by atoms with Crippen molar-refractivity contribution >= 4 is 15.9 Å². The molecule has 4 rings (SSSR count). The molecular formula is C24H31N3O6S. The lowest BCUT2D eigenvalue weighted by Gasteiger charge is -2.26. The van der Waals surface area contributed by atoms with Crippen LogP contribution in [0.2, 0.25) is 0 Å². The van der Waals surface area contributed by atoms with Gasteiger partial charge in [0.05, 0.1) is 33.0 Å². The number of para-hydroxylation sites is 1. The first-order valence-corrected chi connectivity index (χ1v) is 13.0. The molecule has 2 aliphatic heterocycles. The van der Waals surface area contributed by atoms with Crippen LogP contribution in [-0.4, -0.2) is 72.3 Å². The van der Waals surface area contributed by atoms with Crippen LogP contribution >= 0.6 is 0 Å². The van der Waals surface area contributed by atoms with E-state index in [2.05, 4.69) is 14.9 Å². The first-order chi connectivity index (χ1) is 16.5. The monoisotopic (exact) mass is 489 g/mol. The van der Waals surface area contributed by atoms with Crippen molar-refractivity contribution in [2.24, 2.45) is 0 Å². The Balaban J connectivity index is 1.43. The van der Waals surface area contributed by atoms with Gasteiger partial charge >= 0.3 is 0 Å². The van der Waals surface area contributed by atoms with E-state index in [9.17, 15) is 13.2 Å². The van der Waals surface area contributed by atoms with E-state index in [0.717, 1.165) is 30.9 Å². The van der Waals surface area contributed by atoms with Gasteiger partial charge in [-0.1, -0.05) is 18.2 Å². The van der Waals surface area contributed by atoms with Gasteiger partial charge in [-0.15, -0.1) is 0 Å². The predicted molar refractivity (Wildman–Crippen MR) is 127 cm³/mol. The van der Waals surface area contributed by atoms with E-state index in [0.29, 0.717) is 32.7 Å². The normalized spacial score (nSPS) is 18.6. The van der Waals surface area contributed by atoms with Crippen molar-refractivity contribution in [1.82, 2.24) is 14.9 Å². The number of carbonyl (C=O) groups is 1. The largest absolute Gasteiger partial charge is 0.495 e. The lowest BCUT2D eigenvalue weighted by molar-refractivity contribution is 0.0376. The van der Waals surface area contributed by atoms with Gasteiger partial charge in [0.1, 0.15) is 16.4 Å². The highest BCUT2D eigenvalue weighted by Crippen LogP contribution is 2.32. The van der Waals surface area contributed by atoms with Crippen LogP contribution in [0.25, 0.3) is 0 Å². The molecule has 2 aromatic carbocycles. The Bertz CT molecular complexity index is 1100. The number of nitrogens with one attached hydrogen (secondary N) is 2. The molecule has 0 saturated carbocycles. The van der Waals surface area contributed by atoms with Crippen LogP contribution in [0.5, 0.6) is 11.5 Å². The molecule has 2 aliphatic rings. The van der Waals surface area contributed by atoms with Gasteiger partial charge in [0, 0.05) is 37.2 Å². The SMILES string of the molecule is COc1ccc(C(=O)NC2CCOc3ccccc32)cc1S(=O)(=O)NCCCN1CCOCC1. The van der Waals surface area contributed by atoms with E-state index in [-0.39, 0.29) is 34.7 Å². The summed E-state index contributed by atoms with van der Waals surface area (Å²) in [5.41, 5.74) is 1.16. The Morgan fingerprint density at radius 3 is 2.74 bits per heavy atom. The lowest BCUT2D eigenvalue weighted by atomic mass is 10.00. The minimum absolute atomic E-state index is 0.0543. The second-order valence-electron chi connectivity index (χ2n) is 8.27. The van der Waals surface area contributed by atoms with Crippen molar-refractivity contribution in [1.29, 1.82) is 0 Å². The number of morpholine rings is 1. The molecular weight excluding hydrogens is 458 g/mol. The Morgan fingerprint density at radius 1 is 1.15 bits per heavy atom. The first kappa shape index (κ1) is 24.5. The molecule has 1 amide bonds. The summed E-state index contributed by atoms with van der Waals surface area (Å²) < 4.78 is 44.9. The average Bonchev–Trinajstić information content (AvgIpc) is 2.87. The first-order valence-electron chi connectivity index (χ1n) is 11.5. The molecule has 184 valence electrons. The van der Waals surface area contributed by atoms with Crippen LogP contribution in [0.1, 0.15) is 34.8 Å². The van der Waals surface area contributed by atoms with Crippen molar-refractivity contribution in [3.05, 3.63) is 53.6 Å². The van der Waals surface area contributed by atoms with Gasteiger partial charge in [-0.3, -0.25) is 9.69 Å². The fourth-order valence-corrected chi connectivity index (χ4v) is 5.44. The van der Waals surface area contributed by atoms with E-state index in [4.69, 9.17) is 14.2 Å². The summed E-state index contributed by atoms with van der Waals surface area (Å²) in [6.07, 6.45) is 1.31. The Hall–Kier alpha value is -2.66. The molecule has 0 bridgehead atoms. The van der Waals surface area contributed by atoms with E-state index >= 15 is 0 Å². The van der Waals surface area contributed by atoms with Crippen LogP contribution in [0.15, 0.2) is 47.4 Å². The van der Waals surface area contributed by atoms with Crippen molar-refractivity contribution in [2.45, 2.75) is 23.8 Å². The minimum atomic E-state index is -3.86. The maximum absolute atomic E-state index is 13.0. The second-order valence-corrected chi connectivity index (χ2v) is 10.0. The average molecular weight is 490 g/mol. The lowest BCUT2D eigenvalue weighted by Crippen LogP contribution is -2.38. The van der Waals surface area contributed by atoms with Gasteiger partial charge in [0.25, 0.3) is 5.91 Å². The molecule has 2 heterocycles. The van der Waals surface area contributed by atoms with Crippen LogP contribution < -0.4 is 19.5 Å². The number of amides is 1. The molecule has 1 fully saturated rings. The zero-order chi connectivity index (χ0) is 24.0. The maximum atomic E-state index is 13.0. The predicted octanol–water partition coefficient (Wildman–Crippen LogP) is 1.95. The smallest absolute Gasteiger partial charge is 0.251 e. The molecule has 1 saturated heterocycles. The molecule has 0 aliphatic carbocycles. The highest BCUT2D eigenvalue weighted by molar-refractivity contribution is 7.89. The van der Waals surface area contributed by atoms with Gasteiger partial charge in [0.15, 0.2) is 0 Å². The number of methoxy groups -OCH3 is 1. The molecule has 0 spiro atoms. The number of nitrogens with zero attached hydrogens (tertiary/aromatic N) is 1. The Labute approximate surface area is 200 Å². The van der Waals surface area contributed by atoms with Crippen LogP contribution in [0.4, 0.5) is 0 Å². The van der Waals surface area contributed by atoms with Crippen molar-refractivity contribution in [3.8, 4) is 11.5 Å². The number of sulfonamides is 1. The summed E-state index contributed by atoms with van der Waals surface area (Å²) in [7, 11) is -2.45. The maximum Gasteiger partial charge on any atom is 0.251 e. The molecule has 0 aromatic heterocycles. The highest BCUT2D eigenvalue weighted by atomic mass is 32.2. The van der Waals surface area contributed by atoms with E-state index < -0.39 is 10.0 Å². The number of benzene rings is 2. The summed E-state index contributed by atoms with van der Waals surface area (Å²) in [4.78, 5) is 15.2. The standard InChI is InChI=1S/C24H31N3O6S/c1-31-22-8-7-18(24(28)26-20-9-14-33-21-6-3-2-5-19(20)21)17-23(22)34(29,30)25-10-4-11-27-12-15-32-16-13-27/h2-3,5-8,17,20,25H,4,9-16H2,1H3,(H,26,28). The summed E-state index contributed by atoms with van der Waals surface area (Å²) >= 11 is 0. The zero-order valence-electron chi connectivity index (χ0n) is 19.3. The molecule has 0 radical (unpaired) electrons. The number of carbonyl (C=O) groups excluding carboxylic acids is 1. The van der Waals surface area contributed by atoms with Crippen molar-refractivity contribution < 1.29 is 27.4 Å². The van der Waals surface area contributed by atoms with Crippen molar-refractivity contribution in [2.75, 3.05) is 53.1 Å². The number of rotatable bonds is 9. The van der Waals surface area contributed by atoms with E-state index in [1.807, 2.05) is 24.3 Å². The van der Waals surface area contributed by atoms with Gasteiger partial charge in [-0.05, 0) is 37.2 Å². The highest BCUT2D eigenvalue weighted by Gasteiger charge is 2.25. The second kappa shape index (κ2) is 11.2. The Morgan fingerprint density at radius 2 is 1.94 bits per heavy atom. The minimum Gasteiger partial charge on any atom is -0.495 e. The third-order valence-corrected chi connectivity index (χ3v) is 7.51. The quantitative estimate of drug-likeness (QED) is 0.519. The molecule has 1 atom stereocenters. The molecule has 10 heteroatoms. The summed E-state index contributed by atoms with van der Waals surface area (Å²) in [6.45, 7) is 4.70. The van der Waals surface area contributed by atoms with Gasteiger partial charge in [0.2, 0.25) is 10.0 Å². The number of hydrogen-bond donors (Lipinski definition) is 2. The van der Waals surface area contributed by atoms with Crippen LogP contribution in [-0.2, 0) is 14.8 Å². The van der Waals surface area contributed by atoms with Crippen LogP contribution in [0.3, 0.4) is 0 Å². The fraction of sp³-hybridized carbons (Fsp3) is 0.458. The number of hydrogen-bond acceptors (Lipinski definition) is 7. The molecule has 2 N–H and O–H groups in total. The van der Waals surface area contributed by atoms with Gasteiger partial charge in [-0.2, -0.15) is 0 Å². The third kappa shape index (κ3) is 5.87. The van der Waals surface area contributed by atoms with Crippen LogP contribution in [0, 0.1) is 0 Å². The van der Waals surface area contributed by atoms with Crippen molar-refractivity contribution in [3.63, 3.8) is 0 Å². The molecule has 34 heavy (non-hydrogen) atoms. The number of fused-ring (bicyclic) bond motifs is 1. The van der Waals surface area contributed by atoms with E-state index in [1.165, 1.54) is 19.2 Å². The number of ether oxygens (including phenoxy) is 3. The third-order valence-electron chi connectivity index (χ3n) is 6.03. The van der Waals surface area contributed by atoms with Gasteiger partial charge < -0.3 is 19.5 Å². The molecule has 1 unspecified atom stereocenters. The zero-order valence-corrected chi connectivity index (χ0v) is 20.1. The van der Waals surface area contributed by atoms with Gasteiger partial charge in [-0.25, -0.2) is 13.1 Å². The topological polar surface area (TPSA) is 106 Å². The molecule has 9 nitrogen and oxygen atoms in total. The fourth-order valence-electron chi connectivity index (χ4n) is 4.17. The summed E-state index contributed by atoms with van der Waals surface area (Å²) in [5, 5.41) is 3.01. The molecule has 2 aromatic rings.